The van der Waals surface area contributed by atoms with E-state index in [1.807, 2.05) is 32.3 Å². The third-order valence-electron chi connectivity index (χ3n) is 8.86. The van der Waals surface area contributed by atoms with Crippen LogP contribution in [0, 0.1) is 5.41 Å². The molecule has 0 spiro atoms. The molecule has 2 aromatic carbocycles. The SMILES string of the molecule is CNS(=O)(=O)N(C(=O)c1ccc2c(C3CCCCC3)cn(CC3(C(=O)O)CC3c3cc(OC)ccc3Br)c2c1)S(=O)(=O)NC. The lowest BCUT2D eigenvalue weighted by molar-refractivity contribution is -0.144. The molecule has 0 bridgehead atoms. The first-order valence-electron chi connectivity index (χ1n) is 14.2. The molecule has 1 heterocycles. The number of hydrogen-bond acceptors (Lipinski definition) is 7. The molecule has 2 unspecified atom stereocenters. The maximum atomic E-state index is 13.5. The van der Waals surface area contributed by atoms with E-state index in [0.29, 0.717) is 17.7 Å². The van der Waals surface area contributed by atoms with Crippen LogP contribution in [0.5, 0.6) is 5.75 Å². The van der Waals surface area contributed by atoms with Crippen LogP contribution in [-0.4, -0.2) is 63.3 Å². The van der Waals surface area contributed by atoms with E-state index in [1.54, 1.807) is 19.2 Å². The van der Waals surface area contributed by atoms with E-state index in [2.05, 4.69) is 15.9 Å². The summed E-state index contributed by atoms with van der Waals surface area (Å²) in [5.74, 6) is -1.71. The molecule has 2 aliphatic rings. The Labute approximate surface area is 265 Å². The fourth-order valence-corrected chi connectivity index (χ4v) is 9.34. The van der Waals surface area contributed by atoms with Crippen molar-refractivity contribution in [2.24, 2.45) is 5.41 Å². The average Bonchev–Trinajstić information content (AvgIpc) is 3.63. The van der Waals surface area contributed by atoms with Gasteiger partial charge in [0.1, 0.15) is 5.75 Å². The second-order valence-corrected chi connectivity index (χ2v) is 15.8. The zero-order valence-electron chi connectivity index (χ0n) is 24.5. The van der Waals surface area contributed by atoms with Crippen molar-refractivity contribution in [1.82, 2.24) is 17.7 Å². The molecule has 15 heteroatoms. The smallest absolute Gasteiger partial charge is 0.318 e. The number of fused-ring (bicyclic) bond motifs is 1. The number of halogens is 1. The summed E-state index contributed by atoms with van der Waals surface area (Å²) in [5, 5.41) is 11.3. The van der Waals surface area contributed by atoms with Gasteiger partial charge in [-0.3, -0.25) is 9.59 Å². The minimum Gasteiger partial charge on any atom is -0.497 e. The number of methoxy groups -OCH3 is 1. The van der Waals surface area contributed by atoms with Crippen molar-refractivity contribution >= 4 is 59.1 Å². The van der Waals surface area contributed by atoms with Crippen LogP contribution < -0.4 is 14.2 Å². The third kappa shape index (κ3) is 5.75. The normalized spacial score (nSPS) is 20.9. The van der Waals surface area contributed by atoms with Gasteiger partial charge >= 0.3 is 26.4 Å². The molecule has 2 aliphatic carbocycles. The molecule has 3 N–H and O–H groups in total. The van der Waals surface area contributed by atoms with Gasteiger partial charge in [-0.15, -0.1) is 0 Å². The van der Waals surface area contributed by atoms with Crippen molar-refractivity contribution in [1.29, 1.82) is 0 Å². The van der Waals surface area contributed by atoms with E-state index in [-0.39, 0.29) is 27.7 Å². The molecule has 0 aliphatic heterocycles. The third-order valence-corrected chi connectivity index (χ3v) is 13.0. The van der Waals surface area contributed by atoms with E-state index < -0.39 is 37.7 Å². The Hall–Kier alpha value is -2.98. The summed E-state index contributed by atoms with van der Waals surface area (Å²) in [6.07, 6.45) is 7.54. The number of ether oxygens (including phenoxy) is 1. The Morgan fingerprint density at radius 3 is 2.27 bits per heavy atom. The Bertz CT molecular complexity index is 1800. The number of aliphatic carboxylic acids is 1. The number of hydrogen-bond donors (Lipinski definition) is 3. The van der Waals surface area contributed by atoms with Gasteiger partial charge in [-0.05, 0) is 66.6 Å². The lowest BCUT2D eigenvalue weighted by atomic mass is 9.84. The topological polar surface area (TPSA) is 164 Å². The number of nitrogens with one attached hydrogen (secondary N) is 2. The predicted molar refractivity (Wildman–Crippen MR) is 168 cm³/mol. The van der Waals surface area contributed by atoms with Gasteiger partial charge < -0.3 is 14.4 Å². The van der Waals surface area contributed by atoms with Crippen molar-refractivity contribution in [2.75, 3.05) is 21.2 Å². The molecule has 44 heavy (non-hydrogen) atoms. The Kier molecular flexibility index (Phi) is 8.90. The molecule has 3 aromatic rings. The van der Waals surface area contributed by atoms with Crippen LogP contribution in [0.1, 0.15) is 71.8 Å². The first-order valence-corrected chi connectivity index (χ1v) is 17.9. The highest BCUT2D eigenvalue weighted by molar-refractivity contribution is 9.10. The molecular weight excluding hydrogens is 676 g/mol. The number of carboxylic acids is 1. The van der Waals surface area contributed by atoms with Crippen molar-refractivity contribution in [3.8, 4) is 5.75 Å². The van der Waals surface area contributed by atoms with Crippen LogP contribution in [0.4, 0.5) is 0 Å². The second-order valence-electron chi connectivity index (χ2n) is 11.3. The largest absolute Gasteiger partial charge is 0.497 e. The number of nitrogens with zero attached hydrogens (tertiary/aromatic N) is 2. The van der Waals surface area contributed by atoms with Gasteiger partial charge in [0.05, 0.1) is 12.5 Å². The molecule has 1 amide bonds. The zero-order valence-corrected chi connectivity index (χ0v) is 27.8. The number of benzene rings is 2. The lowest BCUT2D eigenvalue weighted by Gasteiger charge is -2.21. The summed E-state index contributed by atoms with van der Waals surface area (Å²) in [6.45, 7) is 0.0882. The minimum absolute atomic E-state index is 0.0882. The fraction of sp³-hybridized carbons (Fsp3) is 0.448. The maximum absolute atomic E-state index is 13.5. The number of rotatable bonds is 11. The number of carboxylic acid groups (broad SMARTS) is 1. The fourth-order valence-electron chi connectivity index (χ4n) is 6.35. The second kappa shape index (κ2) is 12.1. The standard InChI is InChI=1S/C29H35BrN4O8S2/c1-31-43(38,39)34(44(40,41)32-2)27(35)19-9-11-21-23(18-7-5-4-6-8-18)16-33(26(21)13-19)17-29(28(36)37)15-24(29)22-14-20(42-3)10-12-25(22)30/h9-14,16,18,24,31-32H,4-8,15,17H2,1-3H3,(H,36,37). The van der Waals surface area contributed by atoms with Crippen LogP contribution in [0.2, 0.25) is 0 Å². The van der Waals surface area contributed by atoms with Gasteiger partial charge in [0.2, 0.25) is 0 Å². The number of carbonyl (C=O) groups excluding carboxylic acids is 1. The van der Waals surface area contributed by atoms with Crippen LogP contribution >= 0.6 is 15.9 Å². The molecule has 238 valence electrons. The van der Waals surface area contributed by atoms with Crippen molar-refractivity contribution < 1.29 is 36.3 Å². The minimum atomic E-state index is -4.75. The van der Waals surface area contributed by atoms with E-state index in [9.17, 15) is 31.5 Å². The Morgan fingerprint density at radius 2 is 1.68 bits per heavy atom. The van der Waals surface area contributed by atoms with Gasteiger partial charge in [0.15, 0.2) is 0 Å². The highest BCUT2D eigenvalue weighted by atomic mass is 79.9. The van der Waals surface area contributed by atoms with Crippen molar-refractivity contribution in [3.63, 3.8) is 0 Å². The molecule has 2 saturated carbocycles. The Morgan fingerprint density at radius 1 is 1.02 bits per heavy atom. The predicted octanol–water partition coefficient (Wildman–Crippen LogP) is 4.09. The lowest BCUT2D eigenvalue weighted by Crippen LogP contribution is -2.50. The van der Waals surface area contributed by atoms with Gasteiger partial charge in [0.25, 0.3) is 5.91 Å². The average molecular weight is 712 g/mol. The molecule has 5 rings (SSSR count). The number of carbonyl (C=O) groups is 2. The number of amides is 1. The van der Waals surface area contributed by atoms with Gasteiger partial charge in [-0.1, -0.05) is 45.0 Å². The molecule has 2 fully saturated rings. The first kappa shape index (κ1) is 32.4. The van der Waals surface area contributed by atoms with E-state index in [0.717, 1.165) is 67.2 Å². The quantitative estimate of drug-likeness (QED) is 0.268. The van der Waals surface area contributed by atoms with Crippen LogP contribution in [0.15, 0.2) is 47.1 Å². The van der Waals surface area contributed by atoms with Gasteiger partial charge in [-0.2, -0.15) is 26.3 Å². The van der Waals surface area contributed by atoms with E-state index in [4.69, 9.17) is 4.74 Å². The van der Waals surface area contributed by atoms with Gasteiger partial charge in [-0.25, -0.2) is 0 Å². The zero-order chi connectivity index (χ0) is 32.0. The van der Waals surface area contributed by atoms with Crippen LogP contribution in [-0.2, 0) is 31.8 Å². The van der Waals surface area contributed by atoms with Crippen molar-refractivity contribution in [3.05, 3.63) is 63.8 Å². The molecule has 12 nitrogen and oxygen atoms in total. The summed E-state index contributed by atoms with van der Waals surface area (Å²) >= 11 is 3.56. The summed E-state index contributed by atoms with van der Waals surface area (Å²) < 4.78 is 62.2. The summed E-state index contributed by atoms with van der Waals surface area (Å²) in [6, 6.07) is 9.99. The molecular formula is C29H35BrN4O8S2. The van der Waals surface area contributed by atoms with E-state index in [1.165, 1.54) is 12.1 Å². The summed E-state index contributed by atoms with van der Waals surface area (Å²) in [4.78, 5) is 26.4. The van der Waals surface area contributed by atoms with Crippen LogP contribution in [0.25, 0.3) is 10.9 Å². The van der Waals surface area contributed by atoms with Crippen LogP contribution in [0.3, 0.4) is 0 Å². The number of aromatic nitrogens is 1. The summed E-state index contributed by atoms with van der Waals surface area (Å²) in [7, 11) is -5.94. The molecule has 2 atom stereocenters. The molecule has 0 saturated heterocycles. The highest BCUT2D eigenvalue weighted by Crippen LogP contribution is 2.62. The highest BCUT2D eigenvalue weighted by Gasteiger charge is 2.62. The van der Waals surface area contributed by atoms with Gasteiger partial charge in [0, 0.05) is 53.7 Å². The molecule has 0 radical (unpaired) electrons. The Balaban J connectivity index is 1.63. The van der Waals surface area contributed by atoms with Crippen molar-refractivity contribution in [2.45, 2.75) is 56.9 Å². The van der Waals surface area contributed by atoms with E-state index >= 15 is 0 Å². The summed E-state index contributed by atoms with van der Waals surface area (Å²) in [5.41, 5.74) is 1.04. The molecule has 1 aromatic heterocycles. The first-order chi connectivity index (χ1) is 20.8. The monoisotopic (exact) mass is 710 g/mol. The maximum Gasteiger partial charge on any atom is 0.318 e.